The van der Waals surface area contributed by atoms with Gasteiger partial charge in [0.15, 0.2) is 0 Å². The summed E-state index contributed by atoms with van der Waals surface area (Å²) in [4.78, 5) is 0. The van der Waals surface area contributed by atoms with Gasteiger partial charge in [0.2, 0.25) is 0 Å². The van der Waals surface area contributed by atoms with E-state index in [0.29, 0.717) is 0 Å². The van der Waals surface area contributed by atoms with Gasteiger partial charge in [-0.25, -0.2) is 0 Å². The lowest BCUT2D eigenvalue weighted by atomic mass is 9.85. The third kappa shape index (κ3) is 4.47. The molecular weight excluding hydrogens is 593 g/mol. The first-order valence-electron chi connectivity index (χ1n) is 16.8. The fraction of sp³-hybridized carbons (Fsp3) is 0. The Balaban J connectivity index is 1.19. The standard InChI is InChI=1S/C48H30O/c1-3-12-31(13-4-1)34-24-22-32-23-25-35(29-37(32)28-34)46-40-16-7-9-18-42(40)47(43-19-10-8-17-41(43)46)36-26-27-39-44-21-11-20-38(33-14-5-2-6-15-33)48(44)49-45(39)30-36/h1-30H. The number of rotatable bonds is 4. The number of fused-ring (bicyclic) bond motifs is 6. The molecule has 0 aliphatic rings. The molecule has 0 N–H and O–H groups in total. The fourth-order valence-electron chi connectivity index (χ4n) is 7.76. The zero-order chi connectivity index (χ0) is 32.3. The fourth-order valence-corrected chi connectivity index (χ4v) is 7.76. The van der Waals surface area contributed by atoms with Gasteiger partial charge in [-0.15, -0.1) is 0 Å². The van der Waals surface area contributed by atoms with E-state index in [2.05, 4.69) is 182 Å². The summed E-state index contributed by atoms with van der Waals surface area (Å²) in [5, 5.41) is 9.69. The van der Waals surface area contributed by atoms with E-state index in [4.69, 9.17) is 4.42 Å². The Morgan fingerprint density at radius 3 is 1.45 bits per heavy atom. The van der Waals surface area contributed by atoms with E-state index in [1.54, 1.807) is 0 Å². The highest BCUT2D eigenvalue weighted by Gasteiger charge is 2.19. The summed E-state index contributed by atoms with van der Waals surface area (Å²) in [6.07, 6.45) is 0. The van der Waals surface area contributed by atoms with Gasteiger partial charge in [0.05, 0.1) is 0 Å². The third-order valence-corrected chi connectivity index (χ3v) is 10.0. The summed E-state index contributed by atoms with van der Waals surface area (Å²) in [5.41, 5.74) is 11.4. The van der Waals surface area contributed by atoms with Gasteiger partial charge in [0.1, 0.15) is 11.2 Å². The number of hydrogen-bond acceptors (Lipinski definition) is 1. The van der Waals surface area contributed by atoms with Gasteiger partial charge in [-0.2, -0.15) is 0 Å². The molecule has 0 amide bonds. The van der Waals surface area contributed by atoms with Crippen molar-refractivity contribution in [3.05, 3.63) is 182 Å². The van der Waals surface area contributed by atoms with Crippen molar-refractivity contribution in [2.45, 2.75) is 0 Å². The van der Waals surface area contributed by atoms with Crippen LogP contribution in [0.4, 0.5) is 0 Å². The highest BCUT2D eigenvalue weighted by Crippen LogP contribution is 2.45. The Morgan fingerprint density at radius 1 is 0.286 bits per heavy atom. The largest absolute Gasteiger partial charge is 0.455 e. The zero-order valence-electron chi connectivity index (χ0n) is 26.7. The first-order chi connectivity index (χ1) is 24.3. The van der Waals surface area contributed by atoms with Gasteiger partial charge < -0.3 is 4.42 Å². The van der Waals surface area contributed by atoms with Crippen LogP contribution in [0.5, 0.6) is 0 Å². The second-order valence-electron chi connectivity index (χ2n) is 12.8. The van der Waals surface area contributed by atoms with Crippen LogP contribution in [0.25, 0.3) is 98.8 Å². The molecule has 0 spiro atoms. The van der Waals surface area contributed by atoms with Crippen molar-refractivity contribution < 1.29 is 4.42 Å². The first-order valence-corrected chi connectivity index (χ1v) is 16.8. The van der Waals surface area contributed by atoms with Crippen molar-refractivity contribution in [3.63, 3.8) is 0 Å². The molecule has 49 heavy (non-hydrogen) atoms. The molecule has 0 saturated carbocycles. The lowest BCUT2D eigenvalue weighted by Crippen LogP contribution is -1.91. The van der Waals surface area contributed by atoms with Gasteiger partial charge in [-0.3, -0.25) is 0 Å². The molecule has 0 radical (unpaired) electrons. The molecule has 0 fully saturated rings. The van der Waals surface area contributed by atoms with Crippen molar-refractivity contribution in [3.8, 4) is 44.5 Å². The van der Waals surface area contributed by atoms with E-state index in [1.807, 2.05) is 0 Å². The van der Waals surface area contributed by atoms with Crippen LogP contribution in [0.3, 0.4) is 0 Å². The Hall–Kier alpha value is -6.44. The van der Waals surface area contributed by atoms with Gasteiger partial charge in [0, 0.05) is 16.3 Å². The SMILES string of the molecule is c1ccc(-c2ccc3ccc(-c4c5ccccc5c(-c5ccc6c(c5)oc5c(-c7ccccc7)cccc56)c5ccccc45)cc3c2)cc1. The zero-order valence-corrected chi connectivity index (χ0v) is 26.7. The minimum Gasteiger partial charge on any atom is -0.455 e. The number of benzene rings is 9. The Labute approximate surface area is 284 Å². The molecule has 228 valence electrons. The first kappa shape index (κ1) is 27.7. The van der Waals surface area contributed by atoms with Gasteiger partial charge >= 0.3 is 0 Å². The van der Waals surface area contributed by atoms with E-state index in [9.17, 15) is 0 Å². The van der Waals surface area contributed by atoms with Crippen LogP contribution < -0.4 is 0 Å². The molecule has 10 aromatic rings. The van der Waals surface area contributed by atoms with Crippen LogP contribution in [-0.4, -0.2) is 0 Å². The van der Waals surface area contributed by atoms with Gasteiger partial charge in [0.25, 0.3) is 0 Å². The molecule has 1 heteroatoms. The highest BCUT2D eigenvalue weighted by atomic mass is 16.3. The van der Waals surface area contributed by atoms with E-state index >= 15 is 0 Å². The quantitative estimate of drug-likeness (QED) is 0.178. The van der Waals surface area contributed by atoms with Crippen LogP contribution in [-0.2, 0) is 0 Å². The van der Waals surface area contributed by atoms with Gasteiger partial charge in [-0.05, 0) is 95.5 Å². The Bertz CT molecular complexity index is 2800. The van der Waals surface area contributed by atoms with Crippen molar-refractivity contribution in [2.24, 2.45) is 0 Å². The molecule has 0 saturated heterocycles. The molecule has 9 aromatic carbocycles. The van der Waals surface area contributed by atoms with Crippen molar-refractivity contribution >= 4 is 54.3 Å². The Morgan fingerprint density at radius 2 is 0.796 bits per heavy atom. The summed E-state index contributed by atoms with van der Waals surface area (Å²) in [7, 11) is 0. The van der Waals surface area contributed by atoms with Crippen LogP contribution in [0.2, 0.25) is 0 Å². The average molecular weight is 623 g/mol. The normalized spacial score (nSPS) is 11.7. The molecule has 0 atom stereocenters. The van der Waals surface area contributed by atoms with E-state index in [1.165, 1.54) is 60.1 Å². The molecule has 0 bridgehead atoms. The van der Waals surface area contributed by atoms with Crippen LogP contribution >= 0.6 is 0 Å². The summed E-state index contributed by atoms with van der Waals surface area (Å²) in [6.45, 7) is 0. The van der Waals surface area contributed by atoms with Crippen molar-refractivity contribution in [2.75, 3.05) is 0 Å². The maximum atomic E-state index is 6.70. The maximum absolute atomic E-state index is 6.70. The lowest BCUT2D eigenvalue weighted by molar-refractivity contribution is 0.670. The molecular formula is C48H30O. The minimum absolute atomic E-state index is 0.900. The van der Waals surface area contributed by atoms with E-state index in [0.717, 1.165) is 38.6 Å². The van der Waals surface area contributed by atoms with Crippen molar-refractivity contribution in [1.29, 1.82) is 0 Å². The Kier molecular flexibility index (Phi) is 6.25. The van der Waals surface area contributed by atoms with Crippen LogP contribution in [0.15, 0.2) is 186 Å². The van der Waals surface area contributed by atoms with E-state index < -0.39 is 0 Å². The summed E-state index contributed by atoms with van der Waals surface area (Å²) in [6, 6.07) is 65.7. The monoisotopic (exact) mass is 622 g/mol. The topological polar surface area (TPSA) is 13.1 Å². The van der Waals surface area contributed by atoms with E-state index in [-0.39, 0.29) is 0 Å². The second kappa shape index (κ2) is 11.1. The maximum Gasteiger partial charge on any atom is 0.143 e. The number of hydrogen-bond donors (Lipinski definition) is 0. The summed E-state index contributed by atoms with van der Waals surface area (Å²) in [5.74, 6) is 0. The molecule has 1 nitrogen and oxygen atoms in total. The highest BCUT2D eigenvalue weighted by molar-refractivity contribution is 6.22. The number of furan rings is 1. The molecule has 0 unspecified atom stereocenters. The molecule has 0 aliphatic heterocycles. The second-order valence-corrected chi connectivity index (χ2v) is 12.8. The smallest absolute Gasteiger partial charge is 0.143 e. The number of para-hydroxylation sites is 1. The molecule has 0 aliphatic carbocycles. The molecule has 1 aromatic heterocycles. The van der Waals surface area contributed by atoms with Gasteiger partial charge in [-0.1, -0.05) is 158 Å². The van der Waals surface area contributed by atoms with Crippen molar-refractivity contribution in [1.82, 2.24) is 0 Å². The molecule has 10 rings (SSSR count). The summed E-state index contributed by atoms with van der Waals surface area (Å²) >= 11 is 0. The predicted molar refractivity (Wildman–Crippen MR) is 208 cm³/mol. The minimum atomic E-state index is 0.900. The van der Waals surface area contributed by atoms with Crippen LogP contribution in [0, 0.1) is 0 Å². The van der Waals surface area contributed by atoms with Crippen LogP contribution in [0.1, 0.15) is 0 Å². The predicted octanol–water partition coefficient (Wildman–Crippen LogP) is 13.7. The third-order valence-electron chi connectivity index (χ3n) is 10.0. The lowest BCUT2D eigenvalue weighted by Gasteiger charge is -2.18. The molecule has 1 heterocycles. The average Bonchev–Trinajstić information content (AvgIpc) is 3.55. The summed E-state index contributed by atoms with van der Waals surface area (Å²) < 4.78 is 6.70.